The summed E-state index contributed by atoms with van der Waals surface area (Å²) in [6.07, 6.45) is 2.77. The average molecular weight is 386 g/mol. The molecule has 0 spiro atoms. The molecule has 28 heavy (non-hydrogen) atoms. The monoisotopic (exact) mass is 386 g/mol. The first-order chi connectivity index (χ1) is 13.4. The number of ether oxygens (including phenoxy) is 1. The maximum Gasteiger partial charge on any atom is 0.254 e. The molecule has 2 aromatic rings. The number of hydrogen-bond acceptors (Lipinski definition) is 3. The number of hydrogen-bond donors (Lipinski definition) is 2. The van der Waals surface area contributed by atoms with Gasteiger partial charge in [-0.25, -0.2) is 8.78 Å². The van der Waals surface area contributed by atoms with Gasteiger partial charge in [0.2, 0.25) is 0 Å². The summed E-state index contributed by atoms with van der Waals surface area (Å²) in [5, 5.41) is 2.74. The Hall–Kier alpha value is -2.96. The van der Waals surface area contributed by atoms with Crippen molar-refractivity contribution in [2.45, 2.75) is 25.7 Å². The predicted octanol–water partition coefficient (Wildman–Crippen LogP) is 2.73. The number of halogens is 2. The Morgan fingerprint density at radius 1 is 1.18 bits per heavy atom. The smallest absolute Gasteiger partial charge is 0.254 e. The Morgan fingerprint density at radius 3 is 2.64 bits per heavy atom. The lowest BCUT2D eigenvalue weighted by molar-refractivity contribution is 0.0946. The van der Waals surface area contributed by atoms with Crippen LogP contribution in [0.4, 0.5) is 8.78 Å². The molecule has 0 saturated heterocycles. The van der Waals surface area contributed by atoms with E-state index in [1.165, 1.54) is 18.2 Å². The largest absolute Gasteiger partial charge is 0.493 e. The predicted molar refractivity (Wildman–Crippen MR) is 98.4 cm³/mol. The molecule has 1 saturated carbocycles. The molecule has 3 N–H and O–H groups in total. The highest BCUT2D eigenvalue weighted by Gasteiger charge is 2.26. The van der Waals surface area contributed by atoms with Gasteiger partial charge in [0.15, 0.2) is 0 Å². The van der Waals surface area contributed by atoms with Gasteiger partial charge in [-0.2, -0.15) is 0 Å². The minimum Gasteiger partial charge on any atom is -0.493 e. The normalized spacial score (nSPS) is 15.1. The topological polar surface area (TPSA) is 81.4 Å². The molecule has 0 aromatic heterocycles. The van der Waals surface area contributed by atoms with E-state index in [1.54, 1.807) is 6.07 Å². The van der Waals surface area contributed by atoms with Gasteiger partial charge < -0.3 is 15.8 Å². The van der Waals surface area contributed by atoms with Crippen molar-refractivity contribution in [1.29, 1.82) is 0 Å². The number of carbonyl (C=O) groups is 2. The van der Waals surface area contributed by atoms with E-state index in [4.69, 9.17) is 10.5 Å². The van der Waals surface area contributed by atoms with Crippen LogP contribution in [0.3, 0.4) is 0 Å². The van der Waals surface area contributed by atoms with Crippen molar-refractivity contribution in [3.8, 4) is 5.75 Å². The van der Waals surface area contributed by atoms with E-state index in [1.807, 2.05) is 0 Å². The molecule has 4 rings (SSSR count). The van der Waals surface area contributed by atoms with Crippen LogP contribution in [0.25, 0.3) is 0 Å². The fourth-order valence-corrected chi connectivity index (χ4v) is 3.45. The average Bonchev–Trinajstić information content (AvgIpc) is 3.35. The van der Waals surface area contributed by atoms with Gasteiger partial charge in [0.1, 0.15) is 17.4 Å². The van der Waals surface area contributed by atoms with Crippen LogP contribution in [-0.2, 0) is 12.8 Å². The number of carbonyl (C=O) groups excluding carboxylic acids is 2. The van der Waals surface area contributed by atoms with E-state index in [2.05, 4.69) is 5.32 Å². The van der Waals surface area contributed by atoms with Gasteiger partial charge in [-0.1, -0.05) is 6.07 Å². The number of nitrogens with two attached hydrogens (primary N) is 1. The summed E-state index contributed by atoms with van der Waals surface area (Å²) in [5.74, 6) is -1.68. The van der Waals surface area contributed by atoms with Crippen molar-refractivity contribution < 1.29 is 23.1 Å². The molecule has 2 amide bonds. The van der Waals surface area contributed by atoms with Crippen LogP contribution in [0.2, 0.25) is 0 Å². The lowest BCUT2D eigenvalue weighted by Crippen LogP contribution is -2.26. The van der Waals surface area contributed by atoms with Crippen LogP contribution < -0.4 is 15.8 Å². The maximum atomic E-state index is 14.5. The molecule has 1 aliphatic carbocycles. The second kappa shape index (κ2) is 7.22. The van der Waals surface area contributed by atoms with Crippen LogP contribution in [0.5, 0.6) is 5.75 Å². The molecule has 2 aromatic carbocycles. The highest BCUT2D eigenvalue weighted by molar-refractivity contribution is 5.95. The molecule has 1 fully saturated rings. The summed E-state index contributed by atoms with van der Waals surface area (Å²) in [4.78, 5) is 23.7. The van der Waals surface area contributed by atoms with Crippen molar-refractivity contribution in [3.63, 3.8) is 0 Å². The van der Waals surface area contributed by atoms with Gasteiger partial charge >= 0.3 is 0 Å². The number of nitrogens with one attached hydrogen (secondary N) is 1. The zero-order valence-electron chi connectivity index (χ0n) is 15.2. The molecule has 0 atom stereocenters. The van der Waals surface area contributed by atoms with Crippen molar-refractivity contribution in [2.75, 3.05) is 13.2 Å². The van der Waals surface area contributed by atoms with E-state index >= 15 is 0 Å². The molecular weight excluding hydrogens is 366 g/mol. The fraction of sp³-hybridized carbons (Fsp3) is 0.333. The standard InChI is InChI=1S/C21H20F2N2O3/c22-17-8-12(3-4-14(17)21(27)25-10-11-1-2-11)7-13-9-16(20(24)26)18(23)15-5-6-28-19(13)15/h3-4,8-9,11H,1-2,5-7,10H2,(H2,24,26)(H,25,27). The summed E-state index contributed by atoms with van der Waals surface area (Å²) in [5.41, 5.74) is 6.53. The van der Waals surface area contributed by atoms with Crippen LogP contribution in [-0.4, -0.2) is 25.0 Å². The minimum absolute atomic E-state index is 0.0113. The summed E-state index contributed by atoms with van der Waals surface area (Å²) in [6.45, 7) is 0.880. The van der Waals surface area contributed by atoms with Crippen LogP contribution in [0, 0.1) is 17.6 Å². The third-order valence-corrected chi connectivity index (χ3v) is 5.17. The molecule has 5 nitrogen and oxygen atoms in total. The Kier molecular flexibility index (Phi) is 4.75. The molecule has 1 aliphatic heterocycles. The lowest BCUT2D eigenvalue weighted by Gasteiger charge is -2.12. The highest BCUT2D eigenvalue weighted by atomic mass is 19.1. The minimum atomic E-state index is -0.859. The maximum absolute atomic E-state index is 14.5. The number of primary amides is 1. The van der Waals surface area contributed by atoms with Crippen LogP contribution in [0.1, 0.15) is 50.2 Å². The Morgan fingerprint density at radius 2 is 1.96 bits per heavy atom. The third kappa shape index (κ3) is 3.56. The fourth-order valence-electron chi connectivity index (χ4n) is 3.45. The Labute approximate surface area is 160 Å². The van der Waals surface area contributed by atoms with E-state index < -0.39 is 23.4 Å². The molecule has 0 radical (unpaired) electrons. The van der Waals surface area contributed by atoms with E-state index in [0.29, 0.717) is 47.9 Å². The van der Waals surface area contributed by atoms with E-state index in [0.717, 1.165) is 12.8 Å². The quantitative estimate of drug-likeness (QED) is 0.801. The molecule has 7 heteroatoms. The summed E-state index contributed by atoms with van der Waals surface area (Å²) >= 11 is 0. The van der Waals surface area contributed by atoms with Gasteiger partial charge in [-0.15, -0.1) is 0 Å². The van der Waals surface area contributed by atoms with Gasteiger partial charge in [-0.3, -0.25) is 9.59 Å². The zero-order chi connectivity index (χ0) is 19.8. The van der Waals surface area contributed by atoms with Crippen molar-refractivity contribution in [3.05, 3.63) is 63.7 Å². The molecule has 2 aliphatic rings. The molecule has 146 valence electrons. The van der Waals surface area contributed by atoms with Crippen molar-refractivity contribution in [1.82, 2.24) is 5.32 Å². The van der Waals surface area contributed by atoms with Gasteiger partial charge in [0, 0.05) is 24.9 Å². The Bertz CT molecular complexity index is 971. The second-order valence-electron chi connectivity index (χ2n) is 7.31. The molecule has 0 bridgehead atoms. The third-order valence-electron chi connectivity index (χ3n) is 5.17. The van der Waals surface area contributed by atoms with Gasteiger partial charge in [0.05, 0.1) is 17.7 Å². The molecule has 0 unspecified atom stereocenters. The first kappa shape index (κ1) is 18.4. The Balaban J connectivity index is 1.58. The summed E-state index contributed by atoms with van der Waals surface area (Å²) in [6, 6.07) is 5.72. The molecular formula is C21H20F2N2O3. The van der Waals surface area contributed by atoms with E-state index in [9.17, 15) is 18.4 Å². The zero-order valence-corrected chi connectivity index (χ0v) is 15.2. The van der Waals surface area contributed by atoms with Crippen molar-refractivity contribution in [2.24, 2.45) is 11.7 Å². The number of rotatable bonds is 6. The van der Waals surface area contributed by atoms with Gasteiger partial charge in [0.25, 0.3) is 11.8 Å². The van der Waals surface area contributed by atoms with E-state index in [-0.39, 0.29) is 17.5 Å². The highest BCUT2D eigenvalue weighted by Crippen LogP contribution is 2.35. The lowest BCUT2D eigenvalue weighted by atomic mass is 9.96. The SMILES string of the molecule is NC(=O)c1cc(Cc2ccc(C(=O)NCC3CC3)c(F)c2)c2c(c1F)CCO2. The number of amides is 2. The van der Waals surface area contributed by atoms with Crippen molar-refractivity contribution >= 4 is 11.8 Å². The second-order valence-corrected chi connectivity index (χ2v) is 7.31. The molecule has 1 heterocycles. The number of fused-ring (bicyclic) bond motifs is 1. The number of benzene rings is 2. The first-order valence-corrected chi connectivity index (χ1v) is 9.27. The first-order valence-electron chi connectivity index (χ1n) is 9.27. The summed E-state index contributed by atoms with van der Waals surface area (Å²) < 4.78 is 34.4. The van der Waals surface area contributed by atoms with Gasteiger partial charge in [-0.05, 0) is 48.1 Å². The summed E-state index contributed by atoms with van der Waals surface area (Å²) in [7, 11) is 0. The van der Waals surface area contributed by atoms with Crippen LogP contribution >= 0.6 is 0 Å². The van der Waals surface area contributed by atoms with Crippen LogP contribution in [0.15, 0.2) is 24.3 Å².